The molecule has 0 aliphatic rings. The quantitative estimate of drug-likeness (QED) is 0.368. The molecular formula is C23H19ClFN5. The lowest BCUT2D eigenvalue weighted by molar-refractivity contribution is 0.628. The normalized spacial score (nSPS) is 10.8. The molecule has 0 fully saturated rings. The first kappa shape index (κ1) is 19.7. The average molecular weight is 420 g/mol. The van der Waals surface area contributed by atoms with Crippen LogP contribution in [0.5, 0.6) is 0 Å². The number of aromatic nitrogens is 2. The number of benzene rings is 3. The predicted molar refractivity (Wildman–Crippen MR) is 119 cm³/mol. The van der Waals surface area contributed by atoms with Crippen LogP contribution in [0.4, 0.5) is 27.4 Å². The zero-order valence-corrected chi connectivity index (χ0v) is 16.6. The summed E-state index contributed by atoms with van der Waals surface area (Å²) in [5.74, 6) is 0.391. The summed E-state index contributed by atoms with van der Waals surface area (Å²) in [4.78, 5) is 8.54. The van der Waals surface area contributed by atoms with Gasteiger partial charge in [0.05, 0.1) is 11.1 Å². The number of nitrogens with two attached hydrogens (primary N) is 1. The van der Waals surface area contributed by atoms with Gasteiger partial charge in [0.25, 0.3) is 0 Å². The molecule has 0 spiro atoms. The Bertz CT molecular complexity index is 1100. The molecule has 3 aromatic carbocycles. The maximum Gasteiger partial charge on any atom is 0.159 e. The van der Waals surface area contributed by atoms with Gasteiger partial charge in [0.15, 0.2) is 11.6 Å². The largest absolute Gasteiger partial charge is 0.393 e. The highest BCUT2D eigenvalue weighted by Crippen LogP contribution is 2.32. The van der Waals surface area contributed by atoms with E-state index in [0.29, 0.717) is 23.0 Å². The van der Waals surface area contributed by atoms with E-state index in [1.54, 1.807) is 6.07 Å². The van der Waals surface area contributed by atoms with Crippen LogP contribution in [0.3, 0.4) is 0 Å². The summed E-state index contributed by atoms with van der Waals surface area (Å²) in [6, 6.07) is 24.2. The van der Waals surface area contributed by atoms with Crippen LogP contribution < -0.4 is 16.4 Å². The number of rotatable bonds is 6. The van der Waals surface area contributed by atoms with Crippen molar-refractivity contribution in [3.8, 4) is 0 Å². The van der Waals surface area contributed by atoms with E-state index in [2.05, 4.69) is 20.6 Å². The molecule has 1 heterocycles. The summed E-state index contributed by atoms with van der Waals surface area (Å²) in [6.45, 7) is 0. The Hall–Kier alpha value is -3.64. The molecule has 0 bridgehead atoms. The van der Waals surface area contributed by atoms with Gasteiger partial charge in [0, 0.05) is 5.69 Å². The van der Waals surface area contributed by atoms with E-state index in [1.165, 1.54) is 18.5 Å². The third-order valence-electron chi connectivity index (χ3n) is 4.61. The van der Waals surface area contributed by atoms with Gasteiger partial charge in [0.1, 0.15) is 17.8 Å². The van der Waals surface area contributed by atoms with Gasteiger partial charge in [-0.15, -0.1) is 0 Å². The number of halogens is 2. The van der Waals surface area contributed by atoms with Gasteiger partial charge in [-0.3, -0.25) is 0 Å². The van der Waals surface area contributed by atoms with Gasteiger partial charge in [-0.25, -0.2) is 14.4 Å². The number of nitrogen functional groups attached to an aromatic ring is 1. The Morgan fingerprint density at radius 2 is 1.43 bits per heavy atom. The topological polar surface area (TPSA) is 75.9 Å². The van der Waals surface area contributed by atoms with Crippen LogP contribution in [-0.2, 0) is 0 Å². The highest BCUT2D eigenvalue weighted by Gasteiger charge is 2.17. The first-order valence-corrected chi connectivity index (χ1v) is 9.68. The molecule has 7 heteroatoms. The summed E-state index contributed by atoms with van der Waals surface area (Å²) >= 11 is 5.86. The lowest BCUT2D eigenvalue weighted by Crippen LogP contribution is -2.15. The van der Waals surface area contributed by atoms with Crippen molar-refractivity contribution < 1.29 is 4.39 Å². The summed E-state index contributed by atoms with van der Waals surface area (Å²) in [6.07, 6.45) is 1.42. The zero-order chi connectivity index (χ0) is 20.9. The monoisotopic (exact) mass is 419 g/mol. The molecule has 0 saturated heterocycles. The Morgan fingerprint density at radius 1 is 0.833 bits per heavy atom. The van der Waals surface area contributed by atoms with Crippen molar-refractivity contribution in [1.29, 1.82) is 0 Å². The molecule has 4 N–H and O–H groups in total. The van der Waals surface area contributed by atoms with Crippen LogP contribution in [0.25, 0.3) is 0 Å². The van der Waals surface area contributed by atoms with E-state index in [9.17, 15) is 4.39 Å². The molecule has 0 aliphatic carbocycles. The molecule has 1 aromatic heterocycles. The minimum atomic E-state index is -0.492. The molecule has 4 aromatic rings. The molecule has 0 radical (unpaired) electrons. The van der Waals surface area contributed by atoms with E-state index in [0.717, 1.165) is 11.1 Å². The molecule has 0 amide bonds. The minimum Gasteiger partial charge on any atom is -0.393 e. The molecule has 5 nitrogen and oxygen atoms in total. The standard InChI is InChI=1S/C23H19ClFN5/c24-18-13-17(11-12-19(18)25)29-22-20(26)23(28-14-27-22)30-21(15-7-3-1-4-8-15)16-9-5-2-6-10-16/h1-14,21H,26H2,(H2,27,28,29,30). The predicted octanol–water partition coefficient (Wildman–Crippen LogP) is 5.80. The molecule has 0 unspecified atom stereocenters. The first-order chi connectivity index (χ1) is 14.6. The van der Waals surface area contributed by atoms with Crippen molar-refractivity contribution >= 4 is 34.6 Å². The van der Waals surface area contributed by atoms with Gasteiger partial charge in [-0.05, 0) is 29.3 Å². The van der Waals surface area contributed by atoms with E-state index < -0.39 is 5.82 Å². The van der Waals surface area contributed by atoms with Gasteiger partial charge < -0.3 is 16.4 Å². The Labute approximate surface area is 178 Å². The van der Waals surface area contributed by atoms with Crippen molar-refractivity contribution in [2.75, 3.05) is 16.4 Å². The fraction of sp³-hybridized carbons (Fsp3) is 0.0435. The summed E-state index contributed by atoms with van der Waals surface area (Å²) in [5, 5.41) is 6.50. The highest BCUT2D eigenvalue weighted by atomic mass is 35.5. The van der Waals surface area contributed by atoms with E-state index in [1.807, 2.05) is 60.7 Å². The minimum absolute atomic E-state index is 0.0131. The van der Waals surface area contributed by atoms with Crippen LogP contribution in [0.1, 0.15) is 17.2 Å². The molecule has 4 rings (SSSR count). The van der Waals surface area contributed by atoms with Gasteiger partial charge >= 0.3 is 0 Å². The molecule has 30 heavy (non-hydrogen) atoms. The number of hydrogen-bond acceptors (Lipinski definition) is 5. The van der Waals surface area contributed by atoms with Crippen LogP contribution >= 0.6 is 11.6 Å². The number of anilines is 4. The number of nitrogens with zero attached hydrogens (tertiary/aromatic N) is 2. The third kappa shape index (κ3) is 4.34. The van der Waals surface area contributed by atoms with Gasteiger partial charge in [-0.2, -0.15) is 0 Å². The zero-order valence-electron chi connectivity index (χ0n) is 15.9. The Balaban J connectivity index is 1.66. The van der Waals surface area contributed by atoms with E-state index >= 15 is 0 Å². The van der Waals surface area contributed by atoms with Crippen LogP contribution in [-0.4, -0.2) is 9.97 Å². The second-order valence-corrected chi connectivity index (χ2v) is 7.04. The summed E-state index contributed by atoms with van der Waals surface area (Å²) < 4.78 is 13.4. The maximum absolute atomic E-state index is 13.4. The highest BCUT2D eigenvalue weighted by molar-refractivity contribution is 6.31. The average Bonchev–Trinajstić information content (AvgIpc) is 2.78. The fourth-order valence-electron chi connectivity index (χ4n) is 3.11. The van der Waals surface area contributed by atoms with E-state index in [-0.39, 0.29) is 11.1 Å². The van der Waals surface area contributed by atoms with Gasteiger partial charge in [0.2, 0.25) is 0 Å². The third-order valence-corrected chi connectivity index (χ3v) is 4.90. The SMILES string of the molecule is Nc1c(Nc2ccc(F)c(Cl)c2)ncnc1NC(c1ccccc1)c1ccccc1. The fourth-order valence-corrected chi connectivity index (χ4v) is 3.29. The first-order valence-electron chi connectivity index (χ1n) is 9.31. The van der Waals surface area contributed by atoms with Crippen molar-refractivity contribution in [2.45, 2.75) is 6.04 Å². The lowest BCUT2D eigenvalue weighted by Gasteiger charge is -2.22. The van der Waals surface area contributed by atoms with Crippen molar-refractivity contribution in [1.82, 2.24) is 9.97 Å². The summed E-state index contributed by atoms with van der Waals surface area (Å²) in [7, 11) is 0. The number of nitrogens with one attached hydrogen (secondary N) is 2. The molecule has 0 saturated carbocycles. The molecule has 0 atom stereocenters. The number of hydrogen-bond donors (Lipinski definition) is 3. The maximum atomic E-state index is 13.4. The Kier molecular flexibility index (Phi) is 5.77. The van der Waals surface area contributed by atoms with Crippen molar-refractivity contribution in [3.05, 3.63) is 107 Å². The smallest absolute Gasteiger partial charge is 0.159 e. The molecular weight excluding hydrogens is 401 g/mol. The van der Waals surface area contributed by atoms with E-state index in [4.69, 9.17) is 17.3 Å². The molecule has 150 valence electrons. The summed E-state index contributed by atoms with van der Waals surface area (Å²) in [5.41, 5.74) is 9.40. The second kappa shape index (κ2) is 8.80. The second-order valence-electron chi connectivity index (χ2n) is 6.64. The molecule has 0 aliphatic heterocycles. The Morgan fingerprint density at radius 3 is 2.03 bits per heavy atom. The van der Waals surface area contributed by atoms with Crippen LogP contribution in [0.2, 0.25) is 5.02 Å². The lowest BCUT2D eigenvalue weighted by atomic mass is 9.99. The van der Waals surface area contributed by atoms with Crippen molar-refractivity contribution in [3.63, 3.8) is 0 Å². The van der Waals surface area contributed by atoms with Gasteiger partial charge in [-0.1, -0.05) is 72.3 Å². The van der Waals surface area contributed by atoms with Crippen LogP contribution in [0.15, 0.2) is 85.2 Å². The van der Waals surface area contributed by atoms with Crippen LogP contribution in [0, 0.1) is 5.82 Å². The van der Waals surface area contributed by atoms with Crippen molar-refractivity contribution in [2.24, 2.45) is 0 Å².